The molecule has 2 aliphatic heterocycles. The van der Waals surface area contributed by atoms with E-state index in [9.17, 15) is 21.6 Å². The molecule has 29 heavy (non-hydrogen) atoms. The predicted molar refractivity (Wildman–Crippen MR) is 95.5 cm³/mol. The van der Waals surface area contributed by atoms with E-state index in [1.54, 1.807) is 11.0 Å². The van der Waals surface area contributed by atoms with E-state index in [1.807, 2.05) is 0 Å². The average molecular weight is 435 g/mol. The number of anilines is 1. The molecule has 10 nitrogen and oxygen atoms in total. The Labute approximate surface area is 165 Å². The Morgan fingerprint density at radius 3 is 2.38 bits per heavy atom. The maximum Gasteiger partial charge on any atom is 0.453 e. The fourth-order valence-electron chi connectivity index (χ4n) is 3.42. The molecule has 0 amide bonds. The quantitative estimate of drug-likeness (QED) is 0.681. The van der Waals surface area contributed by atoms with Crippen LogP contribution in [0.2, 0.25) is 0 Å². The monoisotopic (exact) mass is 435 g/mol. The first-order valence-corrected chi connectivity index (χ1v) is 10.5. The third-order valence-corrected chi connectivity index (χ3v) is 6.94. The fourth-order valence-corrected chi connectivity index (χ4v) is 5.03. The van der Waals surface area contributed by atoms with E-state index in [4.69, 9.17) is 4.74 Å². The molecule has 0 aromatic carbocycles. The summed E-state index contributed by atoms with van der Waals surface area (Å²) in [6.45, 7) is 2.69. The SMILES string of the molecule is O=S(=O)(N1CCOCC1)N1CCCN(c2ccc3nnc(C(F)(F)F)n3n2)CC1. The Balaban J connectivity index is 1.52. The lowest BCUT2D eigenvalue weighted by molar-refractivity contribution is -0.146. The zero-order valence-corrected chi connectivity index (χ0v) is 16.2. The van der Waals surface area contributed by atoms with Gasteiger partial charge in [0, 0.05) is 39.3 Å². The van der Waals surface area contributed by atoms with Crippen LogP contribution in [0.1, 0.15) is 12.2 Å². The average Bonchev–Trinajstić information content (AvgIpc) is 2.97. The molecule has 0 unspecified atom stereocenters. The molecule has 160 valence electrons. The Kier molecular flexibility index (Phi) is 5.35. The summed E-state index contributed by atoms with van der Waals surface area (Å²) in [4.78, 5) is 1.77. The van der Waals surface area contributed by atoms with Crippen LogP contribution in [0, 0.1) is 0 Å². The van der Waals surface area contributed by atoms with Gasteiger partial charge in [0.05, 0.1) is 13.2 Å². The lowest BCUT2D eigenvalue weighted by atomic mass is 10.4. The van der Waals surface area contributed by atoms with Crippen molar-refractivity contribution in [3.05, 3.63) is 18.0 Å². The van der Waals surface area contributed by atoms with Gasteiger partial charge < -0.3 is 9.64 Å². The molecule has 2 saturated heterocycles. The minimum Gasteiger partial charge on any atom is -0.379 e. The normalized spacial score (nSPS) is 20.9. The number of hydrogen-bond donors (Lipinski definition) is 0. The molecule has 2 aromatic heterocycles. The van der Waals surface area contributed by atoms with Gasteiger partial charge in [0.1, 0.15) is 5.82 Å². The number of fused-ring (bicyclic) bond motifs is 1. The lowest BCUT2D eigenvalue weighted by Gasteiger charge is -2.31. The number of ether oxygens (including phenoxy) is 1. The van der Waals surface area contributed by atoms with Crippen molar-refractivity contribution in [1.82, 2.24) is 28.4 Å². The lowest BCUT2D eigenvalue weighted by Crippen LogP contribution is -2.49. The molecular formula is C15H20F3N7O3S. The van der Waals surface area contributed by atoms with Crippen molar-refractivity contribution in [2.24, 2.45) is 0 Å². The Morgan fingerprint density at radius 2 is 1.66 bits per heavy atom. The van der Waals surface area contributed by atoms with Crippen molar-refractivity contribution in [3.63, 3.8) is 0 Å². The van der Waals surface area contributed by atoms with Crippen molar-refractivity contribution in [1.29, 1.82) is 0 Å². The van der Waals surface area contributed by atoms with Gasteiger partial charge in [-0.3, -0.25) is 0 Å². The van der Waals surface area contributed by atoms with E-state index in [-0.39, 0.29) is 12.2 Å². The number of rotatable bonds is 3. The highest BCUT2D eigenvalue weighted by molar-refractivity contribution is 7.86. The van der Waals surface area contributed by atoms with E-state index < -0.39 is 22.2 Å². The number of hydrogen-bond acceptors (Lipinski definition) is 7. The summed E-state index contributed by atoms with van der Waals surface area (Å²) in [5.74, 6) is -0.880. The third kappa shape index (κ3) is 4.01. The van der Waals surface area contributed by atoms with Crippen LogP contribution in [-0.2, 0) is 21.1 Å². The van der Waals surface area contributed by atoms with Crippen molar-refractivity contribution >= 4 is 21.7 Å². The van der Waals surface area contributed by atoms with Gasteiger partial charge >= 0.3 is 6.18 Å². The standard InChI is InChI=1S/C15H20F3N7O3S/c16-15(17,18)14-20-19-12-2-3-13(21-25(12)14)22-4-1-5-23(7-6-22)29(26,27)24-8-10-28-11-9-24/h2-3H,1,4-11H2. The summed E-state index contributed by atoms with van der Waals surface area (Å²) in [6.07, 6.45) is -4.15. The van der Waals surface area contributed by atoms with E-state index in [0.29, 0.717) is 62.7 Å². The number of aromatic nitrogens is 4. The smallest absolute Gasteiger partial charge is 0.379 e. The molecule has 2 fully saturated rings. The maximum atomic E-state index is 13.1. The van der Waals surface area contributed by atoms with Crippen LogP contribution >= 0.6 is 0 Å². The number of nitrogens with zero attached hydrogens (tertiary/aromatic N) is 7. The minimum absolute atomic E-state index is 0.00702. The first kappa shape index (κ1) is 20.3. The molecule has 0 spiro atoms. The van der Waals surface area contributed by atoms with E-state index in [2.05, 4.69) is 15.3 Å². The van der Waals surface area contributed by atoms with Gasteiger partial charge in [-0.15, -0.1) is 15.3 Å². The second-order valence-corrected chi connectivity index (χ2v) is 8.67. The molecule has 4 rings (SSSR count). The van der Waals surface area contributed by atoms with Gasteiger partial charge in [-0.25, -0.2) is 0 Å². The first-order chi connectivity index (χ1) is 13.8. The van der Waals surface area contributed by atoms with Crippen molar-refractivity contribution in [2.75, 3.05) is 57.4 Å². The Morgan fingerprint density at radius 1 is 0.931 bits per heavy atom. The molecule has 0 bridgehead atoms. The second-order valence-electron chi connectivity index (χ2n) is 6.74. The zero-order valence-electron chi connectivity index (χ0n) is 15.4. The zero-order chi connectivity index (χ0) is 20.6. The second kappa shape index (κ2) is 7.66. The molecule has 0 aliphatic carbocycles. The van der Waals surface area contributed by atoms with E-state index in [0.717, 1.165) is 0 Å². The molecular weight excluding hydrogens is 415 g/mol. The van der Waals surface area contributed by atoms with Gasteiger partial charge in [0.25, 0.3) is 16.0 Å². The van der Waals surface area contributed by atoms with Gasteiger partial charge in [-0.05, 0) is 18.6 Å². The molecule has 0 N–H and O–H groups in total. The summed E-state index contributed by atoms with van der Waals surface area (Å²) in [6, 6.07) is 2.98. The van der Waals surface area contributed by atoms with Gasteiger partial charge in [-0.2, -0.15) is 34.7 Å². The molecule has 0 atom stereocenters. The Bertz CT molecular complexity index is 975. The number of halogens is 3. The van der Waals surface area contributed by atoms with Crippen molar-refractivity contribution in [2.45, 2.75) is 12.6 Å². The van der Waals surface area contributed by atoms with Crippen LogP contribution in [0.25, 0.3) is 5.65 Å². The summed E-state index contributed by atoms with van der Waals surface area (Å²) in [5.41, 5.74) is -0.00702. The third-order valence-electron chi connectivity index (χ3n) is 4.90. The summed E-state index contributed by atoms with van der Waals surface area (Å²) in [7, 11) is -3.60. The van der Waals surface area contributed by atoms with Crippen molar-refractivity contribution < 1.29 is 26.3 Å². The van der Waals surface area contributed by atoms with Gasteiger partial charge in [-0.1, -0.05) is 0 Å². The van der Waals surface area contributed by atoms with Gasteiger partial charge in [0.2, 0.25) is 0 Å². The van der Waals surface area contributed by atoms with Crippen molar-refractivity contribution in [3.8, 4) is 0 Å². The summed E-state index contributed by atoms with van der Waals surface area (Å²) >= 11 is 0. The highest BCUT2D eigenvalue weighted by Crippen LogP contribution is 2.28. The largest absolute Gasteiger partial charge is 0.453 e. The molecule has 2 aliphatic rings. The van der Waals surface area contributed by atoms with E-state index >= 15 is 0 Å². The summed E-state index contributed by atoms with van der Waals surface area (Å²) < 4.78 is 73.7. The van der Waals surface area contributed by atoms with Crippen LogP contribution in [0.4, 0.5) is 19.0 Å². The predicted octanol–water partition coefficient (Wildman–Crippen LogP) is 0.232. The highest BCUT2D eigenvalue weighted by Gasteiger charge is 2.38. The minimum atomic E-state index is -4.67. The van der Waals surface area contributed by atoms with Crippen LogP contribution in [0.3, 0.4) is 0 Å². The first-order valence-electron chi connectivity index (χ1n) is 9.14. The maximum absolute atomic E-state index is 13.1. The topological polar surface area (TPSA) is 96.2 Å². The van der Waals surface area contributed by atoms with Crippen LogP contribution in [0.5, 0.6) is 0 Å². The van der Waals surface area contributed by atoms with Crippen LogP contribution < -0.4 is 4.90 Å². The number of alkyl halides is 3. The van der Waals surface area contributed by atoms with Gasteiger partial charge in [0.15, 0.2) is 5.65 Å². The summed E-state index contributed by atoms with van der Waals surface area (Å²) in [5, 5.41) is 10.7. The molecule has 0 radical (unpaired) electrons. The molecule has 0 saturated carbocycles. The van der Waals surface area contributed by atoms with Crippen LogP contribution in [-0.4, -0.2) is 89.3 Å². The van der Waals surface area contributed by atoms with Crippen LogP contribution in [0.15, 0.2) is 12.1 Å². The number of morpholine rings is 1. The Hall–Kier alpha value is -2.03. The molecule has 2 aromatic rings. The molecule has 4 heterocycles. The van der Waals surface area contributed by atoms with E-state index in [1.165, 1.54) is 14.7 Å². The highest BCUT2D eigenvalue weighted by atomic mass is 32.2. The fraction of sp³-hybridized carbons (Fsp3) is 0.667. The molecule has 14 heteroatoms.